The van der Waals surface area contributed by atoms with Gasteiger partial charge in [0.15, 0.2) is 0 Å². The molecule has 0 bridgehead atoms. The van der Waals surface area contributed by atoms with Crippen LogP contribution in [0.15, 0.2) is 4.99 Å². The SMILES string of the molecule is O=C(O)[C@@H]1C[C@H](O)C=N1. The molecule has 4 heteroatoms. The molecule has 0 aromatic carbocycles. The number of aliphatic imine (C=N–C) groups is 1. The Balaban J connectivity index is 2.50. The maximum Gasteiger partial charge on any atom is 0.328 e. The van der Waals surface area contributed by atoms with Gasteiger partial charge in [-0.25, -0.2) is 4.79 Å². The highest BCUT2D eigenvalue weighted by molar-refractivity contribution is 5.80. The first-order valence-electron chi connectivity index (χ1n) is 2.64. The number of aliphatic carboxylic acids is 1. The van der Waals surface area contributed by atoms with Crippen LogP contribution in [0.5, 0.6) is 0 Å². The lowest BCUT2D eigenvalue weighted by molar-refractivity contribution is -0.138. The maximum atomic E-state index is 10.1. The average Bonchev–Trinajstić information content (AvgIpc) is 2.14. The van der Waals surface area contributed by atoms with E-state index in [9.17, 15) is 4.79 Å². The van der Waals surface area contributed by atoms with Crippen molar-refractivity contribution in [1.82, 2.24) is 0 Å². The molecule has 0 aromatic heterocycles. The van der Waals surface area contributed by atoms with Crippen LogP contribution in [0.2, 0.25) is 0 Å². The summed E-state index contributed by atoms with van der Waals surface area (Å²) >= 11 is 0. The van der Waals surface area contributed by atoms with Crippen molar-refractivity contribution in [3.63, 3.8) is 0 Å². The standard InChI is InChI=1S/C5H7NO3/c7-3-1-4(5(8)9)6-2-3/h2-4,7H,1H2,(H,8,9)/t3-,4-/m0/s1. The Labute approximate surface area is 51.8 Å². The Kier molecular flexibility index (Phi) is 1.48. The van der Waals surface area contributed by atoms with E-state index < -0.39 is 18.1 Å². The molecule has 0 spiro atoms. The minimum absolute atomic E-state index is 0.218. The monoisotopic (exact) mass is 129 g/mol. The number of carboxylic acid groups (broad SMARTS) is 1. The van der Waals surface area contributed by atoms with Crippen LogP contribution in [0, 0.1) is 0 Å². The topological polar surface area (TPSA) is 69.9 Å². The van der Waals surface area contributed by atoms with Gasteiger partial charge in [-0.05, 0) is 0 Å². The van der Waals surface area contributed by atoms with Gasteiger partial charge in [0.2, 0.25) is 0 Å². The molecule has 0 saturated heterocycles. The second-order valence-corrected chi connectivity index (χ2v) is 1.96. The Morgan fingerprint density at radius 1 is 1.78 bits per heavy atom. The highest BCUT2D eigenvalue weighted by atomic mass is 16.4. The lowest BCUT2D eigenvalue weighted by Gasteiger charge is -1.98. The molecule has 0 aliphatic carbocycles. The summed E-state index contributed by atoms with van der Waals surface area (Å²) < 4.78 is 0. The van der Waals surface area contributed by atoms with Crippen molar-refractivity contribution in [3.8, 4) is 0 Å². The molecule has 1 rings (SSSR count). The summed E-state index contributed by atoms with van der Waals surface area (Å²) in [5.74, 6) is -0.970. The normalized spacial score (nSPS) is 33.0. The van der Waals surface area contributed by atoms with Crippen LogP contribution in [-0.2, 0) is 4.79 Å². The third-order valence-corrected chi connectivity index (χ3v) is 1.19. The summed E-state index contributed by atoms with van der Waals surface area (Å²) in [4.78, 5) is 13.7. The van der Waals surface area contributed by atoms with Gasteiger partial charge >= 0.3 is 5.97 Å². The molecule has 1 heterocycles. The van der Waals surface area contributed by atoms with Crippen LogP contribution in [0.1, 0.15) is 6.42 Å². The van der Waals surface area contributed by atoms with E-state index in [1.54, 1.807) is 0 Å². The second-order valence-electron chi connectivity index (χ2n) is 1.96. The van der Waals surface area contributed by atoms with E-state index in [4.69, 9.17) is 10.2 Å². The maximum absolute atomic E-state index is 10.1. The number of hydrogen-bond donors (Lipinski definition) is 2. The molecule has 9 heavy (non-hydrogen) atoms. The summed E-state index contributed by atoms with van der Waals surface area (Å²) in [7, 11) is 0. The zero-order chi connectivity index (χ0) is 6.85. The lowest BCUT2D eigenvalue weighted by Crippen LogP contribution is -2.17. The van der Waals surface area contributed by atoms with Crippen molar-refractivity contribution in [3.05, 3.63) is 0 Å². The highest BCUT2D eigenvalue weighted by Crippen LogP contribution is 2.08. The molecule has 4 nitrogen and oxygen atoms in total. The first-order chi connectivity index (χ1) is 4.20. The van der Waals surface area contributed by atoms with Gasteiger partial charge in [-0.1, -0.05) is 0 Å². The number of nitrogens with zero attached hydrogens (tertiary/aromatic N) is 1. The van der Waals surface area contributed by atoms with Gasteiger partial charge in [0, 0.05) is 12.6 Å². The molecular weight excluding hydrogens is 122 g/mol. The third-order valence-electron chi connectivity index (χ3n) is 1.19. The van der Waals surface area contributed by atoms with Crippen LogP contribution in [-0.4, -0.2) is 34.5 Å². The Bertz CT molecular complexity index is 154. The number of rotatable bonds is 1. The van der Waals surface area contributed by atoms with Crippen LogP contribution in [0.25, 0.3) is 0 Å². The highest BCUT2D eigenvalue weighted by Gasteiger charge is 2.23. The fourth-order valence-corrected chi connectivity index (χ4v) is 0.718. The van der Waals surface area contributed by atoms with E-state index in [0.29, 0.717) is 0 Å². The average molecular weight is 129 g/mol. The number of aliphatic hydroxyl groups excluding tert-OH is 1. The van der Waals surface area contributed by atoms with E-state index >= 15 is 0 Å². The van der Waals surface area contributed by atoms with Crippen molar-refractivity contribution in [2.75, 3.05) is 0 Å². The predicted octanol–water partition coefficient (Wildman–Crippen LogP) is -0.725. The summed E-state index contributed by atoms with van der Waals surface area (Å²) in [5, 5.41) is 17.0. The van der Waals surface area contributed by atoms with Gasteiger partial charge in [-0.15, -0.1) is 0 Å². The number of carboxylic acids is 1. The number of hydrogen-bond acceptors (Lipinski definition) is 3. The van der Waals surface area contributed by atoms with Crippen molar-refractivity contribution in [2.24, 2.45) is 4.99 Å². The van der Waals surface area contributed by atoms with E-state index in [2.05, 4.69) is 4.99 Å². The summed E-state index contributed by atoms with van der Waals surface area (Å²) in [6, 6.07) is -0.722. The smallest absolute Gasteiger partial charge is 0.328 e. The molecule has 2 atom stereocenters. The van der Waals surface area contributed by atoms with Gasteiger partial charge in [0.05, 0.1) is 6.10 Å². The van der Waals surface area contributed by atoms with Crippen LogP contribution in [0.4, 0.5) is 0 Å². The Morgan fingerprint density at radius 3 is 2.67 bits per heavy atom. The molecule has 0 amide bonds. The van der Waals surface area contributed by atoms with Crippen molar-refractivity contribution in [1.29, 1.82) is 0 Å². The van der Waals surface area contributed by atoms with Gasteiger partial charge in [0.25, 0.3) is 0 Å². The van der Waals surface area contributed by atoms with Crippen LogP contribution in [0.3, 0.4) is 0 Å². The van der Waals surface area contributed by atoms with E-state index in [1.165, 1.54) is 6.21 Å². The van der Waals surface area contributed by atoms with Crippen LogP contribution < -0.4 is 0 Å². The largest absolute Gasteiger partial charge is 0.480 e. The van der Waals surface area contributed by atoms with Crippen molar-refractivity contribution in [2.45, 2.75) is 18.6 Å². The molecule has 0 saturated carbocycles. The molecule has 0 aromatic rings. The van der Waals surface area contributed by atoms with Crippen molar-refractivity contribution < 1.29 is 15.0 Å². The molecule has 50 valence electrons. The second kappa shape index (κ2) is 2.14. The lowest BCUT2D eigenvalue weighted by atomic mass is 10.2. The first kappa shape index (κ1) is 6.22. The van der Waals surface area contributed by atoms with Gasteiger partial charge in [0.1, 0.15) is 6.04 Å². The minimum atomic E-state index is -0.970. The zero-order valence-electron chi connectivity index (χ0n) is 4.69. The number of carbonyl (C=O) groups is 1. The van der Waals surface area contributed by atoms with E-state index in [-0.39, 0.29) is 6.42 Å². The Hall–Kier alpha value is -0.900. The fourth-order valence-electron chi connectivity index (χ4n) is 0.718. The molecule has 0 unspecified atom stereocenters. The predicted molar refractivity (Wildman–Crippen MR) is 30.5 cm³/mol. The summed E-state index contributed by atoms with van der Waals surface area (Å²) in [5.41, 5.74) is 0. The van der Waals surface area contributed by atoms with Gasteiger partial charge in [-0.2, -0.15) is 0 Å². The van der Waals surface area contributed by atoms with Crippen LogP contribution >= 0.6 is 0 Å². The quantitative estimate of drug-likeness (QED) is 0.490. The zero-order valence-corrected chi connectivity index (χ0v) is 4.69. The summed E-state index contributed by atoms with van der Waals surface area (Å²) in [6.45, 7) is 0. The molecule has 1 aliphatic rings. The number of aliphatic hydroxyl groups is 1. The third kappa shape index (κ3) is 1.26. The first-order valence-corrected chi connectivity index (χ1v) is 2.64. The molecule has 1 aliphatic heterocycles. The van der Waals surface area contributed by atoms with Gasteiger partial charge < -0.3 is 10.2 Å². The van der Waals surface area contributed by atoms with E-state index in [0.717, 1.165) is 0 Å². The molecule has 0 fully saturated rings. The summed E-state index contributed by atoms with van der Waals surface area (Å²) in [6.07, 6.45) is 0.819. The molecular formula is C5H7NO3. The van der Waals surface area contributed by atoms with Crippen molar-refractivity contribution >= 4 is 12.2 Å². The molecule has 2 N–H and O–H groups in total. The Morgan fingerprint density at radius 2 is 2.44 bits per heavy atom. The van der Waals surface area contributed by atoms with E-state index in [1.807, 2.05) is 0 Å². The minimum Gasteiger partial charge on any atom is -0.480 e. The van der Waals surface area contributed by atoms with Gasteiger partial charge in [-0.3, -0.25) is 4.99 Å². The molecule has 0 radical (unpaired) electrons. The fraction of sp³-hybridized carbons (Fsp3) is 0.600.